The zero-order chi connectivity index (χ0) is 15.6. The van der Waals surface area contributed by atoms with Crippen LogP contribution in [0.5, 0.6) is 0 Å². The summed E-state index contributed by atoms with van der Waals surface area (Å²) in [6.45, 7) is 6.01. The van der Waals surface area contributed by atoms with Crippen LogP contribution >= 0.6 is 0 Å². The fourth-order valence-electron chi connectivity index (χ4n) is 2.05. The van der Waals surface area contributed by atoms with Gasteiger partial charge in [-0.15, -0.1) is 0 Å². The van der Waals surface area contributed by atoms with Gasteiger partial charge in [0.05, 0.1) is 5.69 Å². The van der Waals surface area contributed by atoms with Gasteiger partial charge < -0.3 is 9.88 Å². The molecule has 5 heteroatoms. The number of nitrogens with zero attached hydrogens (tertiary/aromatic N) is 1. The van der Waals surface area contributed by atoms with Crippen molar-refractivity contribution >= 4 is 0 Å². The molecule has 1 heterocycles. The standard InChI is InChI=1S/C16H18F2N2O/c1-10(2)19-8-12-9-20(11(3)6-16(12)21)15-7-13(17)4-5-14(15)18/h4-7,9-10,19H,8H2,1-3H3. The van der Waals surface area contributed by atoms with Gasteiger partial charge in [-0.25, -0.2) is 8.78 Å². The molecule has 112 valence electrons. The first-order valence-corrected chi connectivity index (χ1v) is 6.79. The van der Waals surface area contributed by atoms with Gasteiger partial charge in [0, 0.05) is 42.2 Å². The molecular formula is C16H18F2N2O. The molecule has 3 nitrogen and oxygen atoms in total. The predicted octanol–water partition coefficient (Wildman–Crippen LogP) is 2.92. The third-order valence-electron chi connectivity index (χ3n) is 3.19. The van der Waals surface area contributed by atoms with Crippen molar-refractivity contribution in [3.8, 4) is 5.69 Å². The van der Waals surface area contributed by atoms with Gasteiger partial charge in [0.2, 0.25) is 0 Å². The Hall–Kier alpha value is -2.01. The molecule has 0 saturated heterocycles. The van der Waals surface area contributed by atoms with E-state index < -0.39 is 11.6 Å². The smallest absolute Gasteiger partial charge is 0.186 e. The monoisotopic (exact) mass is 292 g/mol. The average Bonchev–Trinajstić information content (AvgIpc) is 2.41. The third-order valence-corrected chi connectivity index (χ3v) is 3.19. The topological polar surface area (TPSA) is 34.0 Å². The number of benzene rings is 1. The van der Waals surface area contributed by atoms with Crippen LogP contribution in [-0.4, -0.2) is 10.6 Å². The van der Waals surface area contributed by atoms with E-state index in [2.05, 4.69) is 5.32 Å². The zero-order valence-electron chi connectivity index (χ0n) is 12.3. The van der Waals surface area contributed by atoms with Gasteiger partial charge in [-0.2, -0.15) is 0 Å². The minimum Gasteiger partial charge on any atom is -0.318 e. The maximum absolute atomic E-state index is 13.9. The van der Waals surface area contributed by atoms with Crippen LogP contribution in [0.3, 0.4) is 0 Å². The summed E-state index contributed by atoms with van der Waals surface area (Å²) in [6, 6.07) is 4.92. The maximum Gasteiger partial charge on any atom is 0.186 e. The average molecular weight is 292 g/mol. The van der Waals surface area contributed by atoms with Crippen molar-refractivity contribution in [1.29, 1.82) is 0 Å². The lowest BCUT2D eigenvalue weighted by molar-refractivity contribution is 0.580. The Bertz CT molecular complexity index is 708. The fourth-order valence-corrected chi connectivity index (χ4v) is 2.05. The summed E-state index contributed by atoms with van der Waals surface area (Å²) in [5.74, 6) is -1.06. The van der Waals surface area contributed by atoms with E-state index in [0.717, 1.165) is 18.2 Å². The Kier molecular flexibility index (Phi) is 4.53. The lowest BCUT2D eigenvalue weighted by atomic mass is 10.2. The van der Waals surface area contributed by atoms with Gasteiger partial charge in [0.15, 0.2) is 5.43 Å². The molecule has 0 aliphatic rings. The van der Waals surface area contributed by atoms with Crippen molar-refractivity contribution in [2.45, 2.75) is 33.4 Å². The summed E-state index contributed by atoms with van der Waals surface area (Å²) in [6.07, 6.45) is 1.56. The Morgan fingerprint density at radius 1 is 1.24 bits per heavy atom. The van der Waals surface area contributed by atoms with Crippen LogP contribution in [-0.2, 0) is 6.54 Å². The van der Waals surface area contributed by atoms with Crippen LogP contribution in [0.25, 0.3) is 5.69 Å². The molecule has 0 aliphatic heterocycles. The third kappa shape index (κ3) is 3.55. The van der Waals surface area contributed by atoms with Crippen molar-refractivity contribution in [2.24, 2.45) is 0 Å². The first-order valence-electron chi connectivity index (χ1n) is 6.79. The number of aromatic nitrogens is 1. The summed E-state index contributed by atoms with van der Waals surface area (Å²) < 4.78 is 28.7. The van der Waals surface area contributed by atoms with Crippen LogP contribution in [0.1, 0.15) is 25.1 Å². The van der Waals surface area contributed by atoms with E-state index in [9.17, 15) is 13.6 Å². The molecule has 2 aromatic rings. The summed E-state index contributed by atoms with van der Waals surface area (Å²) in [7, 11) is 0. The quantitative estimate of drug-likeness (QED) is 0.940. The van der Waals surface area contributed by atoms with Gasteiger partial charge in [0.25, 0.3) is 0 Å². The highest BCUT2D eigenvalue weighted by Crippen LogP contribution is 2.17. The number of hydrogen-bond donors (Lipinski definition) is 1. The highest BCUT2D eigenvalue weighted by Gasteiger charge is 2.10. The van der Waals surface area contributed by atoms with Gasteiger partial charge in [-0.05, 0) is 19.1 Å². The molecular weight excluding hydrogens is 274 g/mol. The van der Waals surface area contributed by atoms with Crippen molar-refractivity contribution < 1.29 is 8.78 Å². The molecule has 2 rings (SSSR count). The van der Waals surface area contributed by atoms with Crippen molar-refractivity contribution in [3.63, 3.8) is 0 Å². The SMILES string of the molecule is Cc1cc(=O)c(CNC(C)C)cn1-c1cc(F)ccc1F. The van der Waals surface area contributed by atoms with Gasteiger partial charge in [-0.1, -0.05) is 13.8 Å². The normalized spacial score (nSPS) is 11.1. The van der Waals surface area contributed by atoms with Gasteiger partial charge >= 0.3 is 0 Å². The van der Waals surface area contributed by atoms with Gasteiger partial charge in [-0.3, -0.25) is 4.79 Å². The zero-order valence-corrected chi connectivity index (χ0v) is 12.3. The summed E-state index contributed by atoms with van der Waals surface area (Å²) in [5.41, 5.74) is 1.04. The van der Waals surface area contributed by atoms with E-state index in [1.54, 1.807) is 13.1 Å². The van der Waals surface area contributed by atoms with Crippen molar-refractivity contribution in [1.82, 2.24) is 9.88 Å². The molecule has 0 bridgehead atoms. The second kappa shape index (κ2) is 6.18. The van der Waals surface area contributed by atoms with E-state index >= 15 is 0 Å². The molecule has 1 aromatic carbocycles. The summed E-state index contributed by atoms with van der Waals surface area (Å²) in [4.78, 5) is 12.0. The van der Waals surface area contributed by atoms with Crippen molar-refractivity contribution in [3.05, 3.63) is 63.6 Å². The molecule has 0 unspecified atom stereocenters. The van der Waals surface area contributed by atoms with Crippen LogP contribution in [0.2, 0.25) is 0 Å². The lowest BCUT2D eigenvalue weighted by Crippen LogP contribution is -2.26. The molecule has 0 atom stereocenters. The molecule has 0 aliphatic carbocycles. The Labute approximate surface area is 122 Å². The number of pyridine rings is 1. The molecule has 0 fully saturated rings. The molecule has 0 spiro atoms. The summed E-state index contributed by atoms with van der Waals surface area (Å²) >= 11 is 0. The maximum atomic E-state index is 13.9. The number of hydrogen-bond acceptors (Lipinski definition) is 2. The van der Waals surface area contributed by atoms with Crippen LogP contribution in [0.4, 0.5) is 8.78 Å². The number of nitrogens with one attached hydrogen (secondary N) is 1. The molecule has 0 radical (unpaired) electrons. The Balaban J connectivity index is 2.51. The van der Waals surface area contributed by atoms with Crippen LogP contribution in [0.15, 0.2) is 35.3 Å². The number of rotatable bonds is 4. The first-order chi connectivity index (χ1) is 9.88. The minimum atomic E-state index is -0.536. The van der Waals surface area contributed by atoms with E-state index in [1.165, 1.54) is 10.6 Å². The van der Waals surface area contributed by atoms with Crippen LogP contribution < -0.4 is 10.7 Å². The largest absolute Gasteiger partial charge is 0.318 e. The van der Waals surface area contributed by atoms with E-state index in [-0.39, 0.29) is 17.2 Å². The van der Waals surface area contributed by atoms with E-state index in [0.29, 0.717) is 17.8 Å². The lowest BCUT2D eigenvalue weighted by Gasteiger charge is -2.15. The highest BCUT2D eigenvalue weighted by molar-refractivity contribution is 5.37. The molecule has 1 aromatic heterocycles. The Morgan fingerprint density at radius 2 is 1.95 bits per heavy atom. The summed E-state index contributed by atoms with van der Waals surface area (Å²) in [5, 5.41) is 3.15. The molecule has 0 saturated carbocycles. The predicted molar refractivity (Wildman–Crippen MR) is 78.7 cm³/mol. The van der Waals surface area contributed by atoms with Crippen molar-refractivity contribution in [2.75, 3.05) is 0 Å². The first kappa shape index (κ1) is 15.4. The molecule has 0 amide bonds. The Morgan fingerprint density at radius 3 is 2.62 bits per heavy atom. The van der Waals surface area contributed by atoms with Gasteiger partial charge in [0.1, 0.15) is 11.6 Å². The number of halogens is 2. The van der Waals surface area contributed by atoms with E-state index in [4.69, 9.17) is 0 Å². The number of aryl methyl sites for hydroxylation is 1. The van der Waals surface area contributed by atoms with Crippen LogP contribution in [0, 0.1) is 18.6 Å². The van der Waals surface area contributed by atoms with E-state index in [1.807, 2.05) is 13.8 Å². The molecule has 1 N–H and O–H groups in total. The highest BCUT2D eigenvalue weighted by atomic mass is 19.1. The fraction of sp³-hybridized carbons (Fsp3) is 0.312. The minimum absolute atomic E-state index is 0.0956. The second-order valence-corrected chi connectivity index (χ2v) is 5.31. The molecule has 21 heavy (non-hydrogen) atoms. The second-order valence-electron chi connectivity index (χ2n) is 5.31.